The van der Waals surface area contributed by atoms with Crippen molar-refractivity contribution < 1.29 is 10.1 Å². The molecule has 1 heterocycles. The van der Waals surface area contributed by atoms with Crippen LogP contribution in [0.5, 0.6) is 5.75 Å². The first kappa shape index (κ1) is 12.2. The zero-order valence-corrected chi connectivity index (χ0v) is 10.8. The van der Waals surface area contributed by atoms with Gasteiger partial charge >= 0.3 is 0 Å². The molecule has 0 atom stereocenters. The zero-order chi connectivity index (χ0) is 14.3. The van der Waals surface area contributed by atoms with Gasteiger partial charge in [0, 0.05) is 10.9 Å². The van der Waals surface area contributed by atoms with Crippen molar-refractivity contribution >= 4 is 10.9 Å². The molecule has 0 unspecified atom stereocenters. The van der Waals surface area contributed by atoms with Crippen LogP contribution in [0.3, 0.4) is 0 Å². The number of para-hydroxylation sites is 1. The second kappa shape index (κ2) is 4.38. The summed E-state index contributed by atoms with van der Waals surface area (Å²) in [4.78, 5) is 11.4. The molecule has 5 nitrogen and oxygen atoms in total. The largest absolute Gasteiger partial charge is 0.505 e. The van der Waals surface area contributed by atoms with Crippen LogP contribution >= 0.6 is 0 Å². The van der Waals surface area contributed by atoms with Crippen LogP contribution in [0, 0.1) is 17.0 Å². The van der Waals surface area contributed by atoms with Crippen molar-refractivity contribution in [3.05, 3.63) is 64.2 Å². The van der Waals surface area contributed by atoms with Gasteiger partial charge in [0.1, 0.15) is 5.52 Å². The first-order chi connectivity index (χ1) is 9.61. The fourth-order valence-electron chi connectivity index (χ4n) is 2.46. The smallest absolute Gasteiger partial charge is 0.170 e. The van der Waals surface area contributed by atoms with Gasteiger partial charge in [-0.3, -0.25) is 0 Å². The molecule has 0 bridgehead atoms. The number of rotatable bonds is 2. The molecule has 0 saturated carbocycles. The highest BCUT2D eigenvalue weighted by atomic mass is 16.7. The van der Waals surface area contributed by atoms with Crippen molar-refractivity contribution in [1.29, 1.82) is 0 Å². The van der Waals surface area contributed by atoms with E-state index < -0.39 is 5.03 Å². The minimum atomic E-state index is -0.510. The summed E-state index contributed by atoms with van der Waals surface area (Å²) in [6, 6.07) is 14.0. The van der Waals surface area contributed by atoms with E-state index in [4.69, 9.17) is 0 Å². The van der Waals surface area contributed by atoms with Gasteiger partial charge in [0.2, 0.25) is 0 Å². The molecular formula is C15H12N2O3. The first-order valence-electron chi connectivity index (χ1n) is 6.14. The molecule has 0 radical (unpaired) electrons. The molecule has 5 heteroatoms. The molecule has 1 N–H and O–H groups in total. The molecule has 0 fully saturated rings. The number of aromatic hydroxyl groups is 1. The molecule has 0 saturated heterocycles. The Kier molecular flexibility index (Phi) is 2.68. The topological polar surface area (TPSA) is 68.3 Å². The van der Waals surface area contributed by atoms with Crippen LogP contribution in [0.25, 0.3) is 22.2 Å². The van der Waals surface area contributed by atoms with E-state index in [9.17, 15) is 15.2 Å². The van der Waals surface area contributed by atoms with Crippen molar-refractivity contribution in [1.82, 2.24) is 4.68 Å². The molecule has 0 aliphatic carbocycles. The highest BCUT2D eigenvalue weighted by Gasteiger charge is 2.25. The number of fused-ring (bicyclic) bond motifs is 1. The Balaban J connectivity index is 2.47. The fourth-order valence-corrected chi connectivity index (χ4v) is 2.46. The van der Waals surface area contributed by atoms with E-state index in [1.807, 2.05) is 19.1 Å². The summed E-state index contributed by atoms with van der Waals surface area (Å²) in [5.41, 5.74) is 2.12. The van der Waals surface area contributed by atoms with Gasteiger partial charge in [-0.15, -0.1) is 0 Å². The lowest BCUT2D eigenvalue weighted by atomic mass is 10.1. The van der Waals surface area contributed by atoms with Gasteiger partial charge in [-0.2, -0.15) is 0 Å². The Bertz CT molecular complexity index is 821. The number of nitrogens with zero attached hydrogens (tertiary/aromatic N) is 2. The van der Waals surface area contributed by atoms with Crippen molar-refractivity contribution in [2.75, 3.05) is 0 Å². The minimum Gasteiger partial charge on any atom is -0.505 e. The molecule has 100 valence electrons. The first-order valence-corrected chi connectivity index (χ1v) is 6.14. The van der Waals surface area contributed by atoms with Crippen LogP contribution in [0.2, 0.25) is 0 Å². The van der Waals surface area contributed by atoms with Gasteiger partial charge < -0.3 is 5.11 Å². The van der Waals surface area contributed by atoms with E-state index in [-0.39, 0.29) is 11.4 Å². The van der Waals surface area contributed by atoms with Crippen LogP contribution in [-0.2, 0) is 0 Å². The molecule has 3 rings (SSSR count). The summed E-state index contributed by atoms with van der Waals surface area (Å²) in [7, 11) is 0. The van der Waals surface area contributed by atoms with E-state index in [0.29, 0.717) is 16.5 Å². The molecule has 0 spiro atoms. The average molecular weight is 268 g/mol. The number of hydrogen-bond donors (Lipinski definition) is 1. The van der Waals surface area contributed by atoms with Gasteiger partial charge in [0.05, 0.1) is 0 Å². The molecule has 3 aromatic rings. The Labute approximate surface area is 114 Å². The SMILES string of the molecule is Cc1ccccc1-c1c(O)c2ccccc2n1[N+](=O)[O-]. The number of aryl methyl sites for hydroxylation is 1. The van der Waals surface area contributed by atoms with Gasteiger partial charge in [0.15, 0.2) is 16.5 Å². The highest BCUT2D eigenvalue weighted by Crippen LogP contribution is 2.39. The Morgan fingerprint density at radius 3 is 2.45 bits per heavy atom. The molecular weight excluding hydrogens is 256 g/mol. The summed E-state index contributed by atoms with van der Waals surface area (Å²) < 4.78 is 0.938. The normalized spacial score (nSPS) is 10.8. The van der Waals surface area contributed by atoms with Crippen LogP contribution in [0.15, 0.2) is 48.5 Å². The number of benzene rings is 2. The van der Waals surface area contributed by atoms with Crippen molar-refractivity contribution in [3.63, 3.8) is 0 Å². The van der Waals surface area contributed by atoms with E-state index in [0.717, 1.165) is 10.2 Å². The Morgan fingerprint density at radius 2 is 1.75 bits per heavy atom. The lowest BCUT2D eigenvalue weighted by molar-refractivity contribution is -0.535. The third-order valence-corrected chi connectivity index (χ3v) is 3.39. The van der Waals surface area contributed by atoms with Crippen LogP contribution in [0.1, 0.15) is 5.56 Å². The molecule has 20 heavy (non-hydrogen) atoms. The van der Waals surface area contributed by atoms with Gasteiger partial charge in [-0.1, -0.05) is 41.1 Å². The summed E-state index contributed by atoms with van der Waals surface area (Å²) in [5.74, 6) is -0.0633. The predicted molar refractivity (Wildman–Crippen MR) is 76.2 cm³/mol. The molecule has 1 aromatic heterocycles. The molecule has 0 amide bonds. The number of aromatic nitrogens is 1. The second-order valence-electron chi connectivity index (χ2n) is 4.58. The van der Waals surface area contributed by atoms with Crippen molar-refractivity contribution in [2.24, 2.45) is 0 Å². The lowest BCUT2D eigenvalue weighted by Gasteiger charge is -2.05. The summed E-state index contributed by atoms with van der Waals surface area (Å²) in [6.45, 7) is 1.86. The molecule has 2 aromatic carbocycles. The molecule has 0 aliphatic rings. The summed E-state index contributed by atoms with van der Waals surface area (Å²) in [6.07, 6.45) is 0. The lowest BCUT2D eigenvalue weighted by Crippen LogP contribution is -2.10. The maximum atomic E-state index is 11.4. The third kappa shape index (κ3) is 1.64. The fraction of sp³-hybridized carbons (Fsp3) is 0.0667. The Hall–Kier alpha value is -2.82. The Morgan fingerprint density at radius 1 is 1.10 bits per heavy atom. The van der Waals surface area contributed by atoms with Crippen LogP contribution in [-0.4, -0.2) is 14.8 Å². The maximum absolute atomic E-state index is 11.4. The molecule has 0 aliphatic heterocycles. The van der Waals surface area contributed by atoms with Crippen molar-refractivity contribution in [2.45, 2.75) is 6.92 Å². The summed E-state index contributed by atoms with van der Waals surface area (Å²) >= 11 is 0. The van der Waals surface area contributed by atoms with E-state index in [1.54, 1.807) is 36.4 Å². The van der Waals surface area contributed by atoms with E-state index in [2.05, 4.69) is 0 Å². The maximum Gasteiger partial charge on any atom is 0.170 e. The quantitative estimate of drug-likeness (QED) is 0.572. The summed E-state index contributed by atoms with van der Waals surface area (Å²) in [5, 5.41) is 21.7. The van der Waals surface area contributed by atoms with Gasteiger partial charge in [-0.05, 0) is 24.6 Å². The predicted octanol–water partition coefficient (Wildman–Crippen LogP) is 3.36. The zero-order valence-electron chi connectivity index (χ0n) is 10.8. The van der Waals surface area contributed by atoms with E-state index in [1.165, 1.54) is 0 Å². The van der Waals surface area contributed by atoms with Crippen molar-refractivity contribution in [3.8, 4) is 17.0 Å². The standard InChI is InChI=1S/C15H12N2O3/c1-10-6-2-3-7-11(10)14-15(18)12-8-4-5-9-13(12)16(14)17(19)20/h2-9,18H,1H3. The second-order valence-corrected chi connectivity index (χ2v) is 4.58. The van der Waals surface area contributed by atoms with Crippen LogP contribution < -0.4 is 0 Å². The minimum absolute atomic E-state index is 0.0633. The average Bonchev–Trinajstić information content (AvgIpc) is 2.73. The third-order valence-electron chi connectivity index (χ3n) is 3.39. The van der Waals surface area contributed by atoms with Gasteiger partial charge in [-0.25, -0.2) is 10.1 Å². The highest BCUT2D eigenvalue weighted by molar-refractivity contribution is 5.94. The monoisotopic (exact) mass is 268 g/mol. The van der Waals surface area contributed by atoms with Gasteiger partial charge in [0.25, 0.3) is 0 Å². The van der Waals surface area contributed by atoms with E-state index >= 15 is 0 Å². The number of hydrogen-bond acceptors (Lipinski definition) is 3. The number of nitro groups is 1. The van der Waals surface area contributed by atoms with Crippen LogP contribution in [0.4, 0.5) is 0 Å².